The quantitative estimate of drug-likeness (QED) is 0.130. The Morgan fingerprint density at radius 1 is 0.381 bits per heavy atom. The van der Waals surface area contributed by atoms with Crippen molar-refractivity contribution >= 4 is 43.4 Å². The molecule has 14 heteroatoms. The molecule has 0 atom stereocenters. The Morgan fingerprint density at radius 2 is 0.643 bits per heavy atom. The minimum Gasteiger partial charge on any atom is -0.744 e. The summed E-state index contributed by atoms with van der Waals surface area (Å²) >= 11 is 0. The van der Waals surface area contributed by atoms with E-state index < -0.39 is 53.2 Å². The van der Waals surface area contributed by atoms with Crippen molar-refractivity contribution in [1.82, 2.24) is 0 Å². The summed E-state index contributed by atoms with van der Waals surface area (Å²) < 4.78 is 66.0. The summed E-state index contributed by atoms with van der Waals surface area (Å²) in [6.07, 6.45) is 0. The Labute approximate surface area is 284 Å². The first-order valence-corrected chi connectivity index (χ1v) is 14.2. The maximum absolute atomic E-state index is 12.0. The molecule has 0 N–H and O–H groups in total. The number of ketones is 4. The van der Waals surface area contributed by atoms with Crippen LogP contribution in [0.4, 0.5) is 0 Å². The molecule has 0 bridgehead atoms. The fraction of sp³-hybridized carbons (Fsp3) is 0. The van der Waals surface area contributed by atoms with Crippen LogP contribution >= 0.6 is 0 Å². The summed E-state index contributed by atoms with van der Waals surface area (Å²) in [6, 6.07) is 20.1. The molecule has 4 aromatic carbocycles. The molecular weight excluding hydrogens is 606 g/mol. The molecule has 6 rings (SSSR count). The number of benzene rings is 4. The maximum atomic E-state index is 12.0. The number of carbonyl (C=O) groups excluding carboxylic acids is 4. The van der Waals surface area contributed by atoms with E-state index in [1.165, 1.54) is 24.3 Å². The van der Waals surface area contributed by atoms with Crippen molar-refractivity contribution in [2.45, 2.75) is 9.79 Å². The fourth-order valence-electron chi connectivity index (χ4n) is 4.52. The monoisotopic (exact) mass is 620 g/mol. The number of hydrogen-bond donors (Lipinski definition) is 0. The van der Waals surface area contributed by atoms with E-state index >= 15 is 0 Å². The van der Waals surface area contributed by atoms with Crippen LogP contribution < -0.4 is 59.1 Å². The van der Waals surface area contributed by atoms with Crippen molar-refractivity contribution in [3.05, 3.63) is 107 Å². The molecule has 0 spiro atoms. The zero-order chi connectivity index (χ0) is 29.0. The maximum Gasteiger partial charge on any atom is 1.00 e. The SMILES string of the molecule is O=C1C(=O)c2cc(S(=O)(=O)[O-])ccc2-c2ccccc21.O=C1C(=O)c2cc(S(=O)(=O)[O-])ccc2-c2ccccc21.[Na+].[Na+]. The number of rotatable bonds is 2. The van der Waals surface area contributed by atoms with E-state index in [4.69, 9.17) is 0 Å². The molecule has 4 aromatic rings. The van der Waals surface area contributed by atoms with E-state index in [9.17, 15) is 45.1 Å². The molecule has 0 saturated carbocycles. The Bertz CT molecular complexity index is 1890. The van der Waals surface area contributed by atoms with E-state index in [-0.39, 0.29) is 81.4 Å². The van der Waals surface area contributed by atoms with Crippen molar-refractivity contribution in [2.75, 3.05) is 0 Å². The molecule has 0 aromatic heterocycles. The molecule has 0 radical (unpaired) electrons. The molecule has 42 heavy (non-hydrogen) atoms. The molecule has 0 amide bonds. The van der Waals surface area contributed by atoms with Crippen LogP contribution in [0.5, 0.6) is 0 Å². The Morgan fingerprint density at radius 3 is 0.952 bits per heavy atom. The molecule has 10 nitrogen and oxygen atoms in total. The summed E-state index contributed by atoms with van der Waals surface area (Å²) in [5.41, 5.74) is 2.49. The normalized spacial score (nSPS) is 13.2. The zero-order valence-corrected chi connectivity index (χ0v) is 27.6. The van der Waals surface area contributed by atoms with Crippen LogP contribution in [-0.4, -0.2) is 49.1 Å². The fourth-order valence-corrected chi connectivity index (χ4v) is 5.52. The average Bonchev–Trinajstić information content (AvgIpc) is 2.93. The van der Waals surface area contributed by atoms with Gasteiger partial charge in [0.25, 0.3) is 0 Å². The molecule has 0 aliphatic heterocycles. The van der Waals surface area contributed by atoms with Crippen molar-refractivity contribution < 1.29 is 104 Å². The second kappa shape index (κ2) is 12.5. The minimum atomic E-state index is -4.67. The van der Waals surface area contributed by atoms with E-state index in [1.807, 2.05) is 0 Å². The van der Waals surface area contributed by atoms with Crippen molar-refractivity contribution in [3.63, 3.8) is 0 Å². The molecule has 200 valence electrons. The molecule has 0 saturated heterocycles. The van der Waals surface area contributed by atoms with Gasteiger partial charge in [-0.3, -0.25) is 19.2 Å². The molecule has 0 unspecified atom stereocenters. The summed E-state index contributed by atoms with van der Waals surface area (Å²) in [5.74, 6) is -3.00. The van der Waals surface area contributed by atoms with E-state index in [1.54, 1.807) is 36.4 Å². The van der Waals surface area contributed by atoms with Crippen LogP contribution in [0, 0.1) is 0 Å². The summed E-state index contributed by atoms with van der Waals surface area (Å²) in [6.45, 7) is 0. The van der Waals surface area contributed by atoms with Gasteiger partial charge < -0.3 is 9.11 Å². The average molecular weight is 621 g/mol. The smallest absolute Gasteiger partial charge is 0.744 e. The van der Waals surface area contributed by atoms with E-state index in [2.05, 4.69) is 0 Å². The van der Waals surface area contributed by atoms with Crippen LogP contribution in [0.25, 0.3) is 22.3 Å². The first-order chi connectivity index (χ1) is 18.8. The minimum absolute atomic E-state index is 0. The zero-order valence-electron chi connectivity index (χ0n) is 22.0. The molecular formula is C28H14Na2O10S2. The molecule has 2 aliphatic rings. The van der Waals surface area contributed by atoms with Crippen LogP contribution in [0.15, 0.2) is 94.7 Å². The van der Waals surface area contributed by atoms with Crippen LogP contribution in [-0.2, 0) is 20.2 Å². The number of carbonyl (C=O) groups is 4. The molecule has 0 fully saturated rings. The Hall–Kier alpha value is -2.62. The standard InChI is InChI=1S/2C14H8O5S.2Na/c2*15-13-11-4-2-1-3-9(11)10-6-5-8(20(17,18)19)7-12(10)14(13)16;;/h2*1-7H,(H,17,18,19);;/q;;2*+1/p-2. The van der Waals surface area contributed by atoms with E-state index in [0.29, 0.717) is 22.3 Å². The van der Waals surface area contributed by atoms with Gasteiger partial charge in [-0.1, -0.05) is 60.7 Å². The van der Waals surface area contributed by atoms with Gasteiger partial charge in [-0.2, -0.15) is 0 Å². The summed E-state index contributed by atoms with van der Waals surface area (Å²) in [4.78, 5) is 46.9. The molecule has 0 heterocycles. The topological polar surface area (TPSA) is 183 Å². The third-order valence-corrected chi connectivity index (χ3v) is 8.05. The first-order valence-electron chi connectivity index (χ1n) is 11.4. The van der Waals surface area contributed by atoms with Gasteiger partial charge in [0.15, 0.2) is 0 Å². The number of fused-ring (bicyclic) bond motifs is 6. The van der Waals surface area contributed by atoms with Crippen LogP contribution in [0.2, 0.25) is 0 Å². The predicted molar refractivity (Wildman–Crippen MR) is 137 cm³/mol. The van der Waals surface area contributed by atoms with Crippen LogP contribution in [0.1, 0.15) is 41.4 Å². The third-order valence-electron chi connectivity index (χ3n) is 6.38. The van der Waals surface area contributed by atoms with E-state index in [0.717, 1.165) is 24.3 Å². The van der Waals surface area contributed by atoms with Gasteiger partial charge in [0.2, 0.25) is 23.1 Å². The van der Waals surface area contributed by atoms with Crippen molar-refractivity contribution in [2.24, 2.45) is 0 Å². The third kappa shape index (κ3) is 6.19. The Balaban J connectivity index is 0.000000220. The second-order valence-electron chi connectivity index (χ2n) is 8.73. The van der Waals surface area contributed by atoms with Gasteiger partial charge in [-0.15, -0.1) is 0 Å². The van der Waals surface area contributed by atoms with Crippen molar-refractivity contribution in [3.8, 4) is 22.3 Å². The summed E-state index contributed by atoms with van der Waals surface area (Å²) in [5, 5.41) is 0. The van der Waals surface area contributed by atoms with Gasteiger partial charge in [0.05, 0.1) is 9.79 Å². The molecule has 2 aliphatic carbocycles. The first kappa shape index (κ1) is 33.9. The largest absolute Gasteiger partial charge is 1.00 e. The number of Topliss-reactive ketones (excluding diaryl/α,β-unsaturated/α-hetero) is 4. The predicted octanol–water partition coefficient (Wildman–Crippen LogP) is -2.72. The van der Waals surface area contributed by atoms with Gasteiger partial charge in [0.1, 0.15) is 20.2 Å². The van der Waals surface area contributed by atoms with Gasteiger partial charge in [-0.05, 0) is 46.5 Å². The van der Waals surface area contributed by atoms with Gasteiger partial charge in [-0.25, -0.2) is 16.8 Å². The second-order valence-corrected chi connectivity index (χ2v) is 11.5. The van der Waals surface area contributed by atoms with Gasteiger partial charge in [0, 0.05) is 22.3 Å². The van der Waals surface area contributed by atoms with Gasteiger partial charge >= 0.3 is 59.1 Å². The van der Waals surface area contributed by atoms with Crippen LogP contribution in [0.3, 0.4) is 0 Å². The number of hydrogen-bond acceptors (Lipinski definition) is 10. The Kier molecular flexibility index (Phi) is 10.1. The van der Waals surface area contributed by atoms with Crippen molar-refractivity contribution in [1.29, 1.82) is 0 Å². The summed E-state index contributed by atoms with van der Waals surface area (Å²) in [7, 11) is -9.34.